The molecular formula is C13H23NO3. The van der Waals surface area contributed by atoms with Crippen molar-refractivity contribution in [2.75, 3.05) is 7.11 Å². The molecular weight excluding hydrogens is 218 g/mol. The lowest BCUT2D eigenvalue weighted by atomic mass is 9.92. The van der Waals surface area contributed by atoms with E-state index in [9.17, 15) is 9.59 Å². The van der Waals surface area contributed by atoms with E-state index in [2.05, 4.69) is 5.32 Å². The molecule has 0 saturated heterocycles. The number of carbonyl (C=O) groups excluding carboxylic acids is 2. The van der Waals surface area contributed by atoms with Gasteiger partial charge in [0.1, 0.15) is 6.04 Å². The number of esters is 1. The van der Waals surface area contributed by atoms with Crippen molar-refractivity contribution in [3.8, 4) is 0 Å². The van der Waals surface area contributed by atoms with Gasteiger partial charge in [-0.3, -0.25) is 4.79 Å². The van der Waals surface area contributed by atoms with Gasteiger partial charge in [0.05, 0.1) is 7.11 Å². The Balaban J connectivity index is 2.51. The van der Waals surface area contributed by atoms with E-state index in [1.165, 1.54) is 39.7 Å². The highest BCUT2D eigenvalue weighted by Gasteiger charge is 2.24. The summed E-state index contributed by atoms with van der Waals surface area (Å²) in [6.45, 7) is 1.43. The second kappa shape index (κ2) is 7.30. The number of amides is 1. The van der Waals surface area contributed by atoms with Crippen LogP contribution in [0.1, 0.15) is 51.9 Å². The SMILES string of the molecule is COC(=O)C(CC1CCCCCC1)NC(C)=O. The monoisotopic (exact) mass is 241 g/mol. The Hall–Kier alpha value is -1.06. The fourth-order valence-electron chi connectivity index (χ4n) is 2.53. The van der Waals surface area contributed by atoms with Gasteiger partial charge in [-0.1, -0.05) is 38.5 Å². The van der Waals surface area contributed by atoms with E-state index in [1.54, 1.807) is 0 Å². The molecule has 0 bridgehead atoms. The molecule has 1 atom stereocenters. The smallest absolute Gasteiger partial charge is 0.328 e. The summed E-state index contributed by atoms with van der Waals surface area (Å²) < 4.78 is 4.73. The van der Waals surface area contributed by atoms with E-state index >= 15 is 0 Å². The molecule has 0 aromatic carbocycles. The molecule has 1 unspecified atom stereocenters. The van der Waals surface area contributed by atoms with Crippen molar-refractivity contribution in [3.63, 3.8) is 0 Å². The maximum Gasteiger partial charge on any atom is 0.328 e. The quantitative estimate of drug-likeness (QED) is 0.605. The minimum Gasteiger partial charge on any atom is -0.467 e. The van der Waals surface area contributed by atoms with Gasteiger partial charge in [0.25, 0.3) is 0 Å². The Morgan fingerprint density at radius 2 is 1.82 bits per heavy atom. The maximum absolute atomic E-state index is 11.6. The highest BCUT2D eigenvalue weighted by atomic mass is 16.5. The van der Waals surface area contributed by atoms with E-state index in [-0.39, 0.29) is 11.9 Å². The molecule has 1 saturated carbocycles. The number of methoxy groups -OCH3 is 1. The molecule has 1 aliphatic carbocycles. The first kappa shape index (κ1) is 14.0. The van der Waals surface area contributed by atoms with Crippen LogP contribution in [0.4, 0.5) is 0 Å². The third-order valence-corrected chi connectivity index (χ3v) is 3.41. The molecule has 4 nitrogen and oxygen atoms in total. The summed E-state index contributed by atoms with van der Waals surface area (Å²) >= 11 is 0. The Morgan fingerprint density at radius 1 is 1.24 bits per heavy atom. The van der Waals surface area contributed by atoms with E-state index in [4.69, 9.17) is 4.74 Å². The first-order chi connectivity index (χ1) is 8.13. The Bertz CT molecular complexity index is 257. The molecule has 98 valence electrons. The molecule has 0 aromatic heterocycles. The molecule has 1 N–H and O–H groups in total. The Morgan fingerprint density at radius 3 is 2.29 bits per heavy atom. The zero-order valence-electron chi connectivity index (χ0n) is 10.8. The van der Waals surface area contributed by atoms with Gasteiger partial charge in [-0.15, -0.1) is 0 Å². The molecule has 1 aliphatic rings. The maximum atomic E-state index is 11.6. The minimum atomic E-state index is -0.472. The lowest BCUT2D eigenvalue weighted by molar-refractivity contribution is -0.145. The van der Waals surface area contributed by atoms with Gasteiger partial charge in [0.2, 0.25) is 5.91 Å². The topological polar surface area (TPSA) is 55.4 Å². The predicted octanol–water partition coefficient (Wildman–Crippen LogP) is 2.02. The van der Waals surface area contributed by atoms with Crippen LogP contribution in [-0.2, 0) is 14.3 Å². The van der Waals surface area contributed by atoms with Crippen molar-refractivity contribution in [3.05, 3.63) is 0 Å². The standard InChI is InChI=1S/C13H23NO3/c1-10(15)14-12(13(16)17-2)9-11-7-5-3-4-6-8-11/h11-12H,3-9H2,1-2H3,(H,14,15). The van der Waals surface area contributed by atoms with Gasteiger partial charge in [-0.25, -0.2) is 4.79 Å². The molecule has 0 aromatic rings. The second-order valence-corrected chi connectivity index (χ2v) is 4.87. The summed E-state index contributed by atoms with van der Waals surface area (Å²) in [6, 6.07) is -0.472. The summed E-state index contributed by atoms with van der Waals surface area (Å²) in [4.78, 5) is 22.6. The van der Waals surface area contributed by atoms with Crippen LogP contribution in [-0.4, -0.2) is 25.0 Å². The Labute approximate surface area is 103 Å². The van der Waals surface area contributed by atoms with Crippen molar-refractivity contribution < 1.29 is 14.3 Å². The van der Waals surface area contributed by atoms with Crippen LogP contribution < -0.4 is 5.32 Å². The molecule has 1 rings (SSSR count). The van der Waals surface area contributed by atoms with Crippen molar-refractivity contribution >= 4 is 11.9 Å². The van der Waals surface area contributed by atoms with E-state index in [0.717, 1.165) is 12.8 Å². The first-order valence-electron chi connectivity index (χ1n) is 6.48. The van der Waals surface area contributed by atoms with Crippen LogP contribution in [0, 0.1) is 5.92 Å². The zero-order valence-corrected chi connectivity index (χ0v) is 10.8. The number of hydrogen-bond acceptors (Lipinski definition) is 3. The number of carbonyl (C=O) groups is 2. The van der Waals surface area contributed by atoms with Crippen LogP contribution in [0.2, 0.25) is 0 Å². The molecule has 0 aliphatic heterocycles. The van der Waals surface area contributed by atoms with Crippen molar-refractivity contribution in [1.82, 2.24) is 5.32 Å². The van der Waals surface area contributed by atoms with Gasteiger partial charge in [-0.2, -0.15) is 0 Å². The Kier molecular flexibility index (Phi) is 6.01. The van der Waals surface area contributed by atoms with Crippen molar-refractivity contribution in [1.29, 1.82) is 0 Å². The zero-order chi connectivity index (χ0) is 12.7. The lowest BCUT2D eigenvalue weighted by Crippen LogP contribution is -2.41. The fourth-order valence-corrected chi connectivity index (χ4v) is 2.53. The van der Waals surface area contributed by atoms with E-state index in [1.807, 2.05) is 0 Å². The molecule has 1 fully saturated rings. The summed E-state index contributed by atoms with van der Waals surface area (Å²) in [5.74, 6) is 0.0342. The third kappa shape index (κ3) is 5.20. The highest BCUT2D eigenvalue weighted by molar-refractivity contribution is 5.83. The average Bonchev–Trinajstić information content (AvgIpc) is 2.55. The molecule has 0 heterocycles. The summed E-state index contributed by atoms with van der Waals surface area (Å²) in [5, 5.41) is 2.68. The van der Waals surface area contributed by atoms with Gasteiger partial charge >= 0.3 is 5.97 Å². The average molecular weight is 241 g/mol. The van der Waals surface area contributed by atoms with Crippen LogP contribution in [0.15, 0.2) is 0 Å². The second-order valence-electron chi connectivity index (χ2n) is 4.87. The number of rotatable bonds is 4. The lowest BCUT2D eigenvalue weighted by Gasteiger charge is -2.21. The predicted molar refractivity (Wildman–Crippen MR) is 65.4 cm³/mol. The molecule has 17 heavy (non-hydrogen) atoms. The summed E-state index contributed by atoms with van der Waals surface area (Å²) in [7, 11) is 1.37. The van der Waals surface area contributed by atoms with Crippen LogP contribution in [0.25, 0.3) is 0 Å². The fraction of sp³-hybridized carbons (Fsp3) is 0.846. The molecule has 1 amide bonds. The van der Waals surface area contributed by atoms with Gasteiger partial charge in [-0.05, 0) is 12.3 Å². The van der Waals surface area contributed by atoms with Crippen LogP contribution in [0.5, 0.6) is 0 Å². The third-order valence-electron chi connectivity index (χ3n) is 3.41. The van der Waals surface area contributed by atoms with Gasteiger partial charge in [0, 0.05) is 6.92 Å². The minimum absolute atomic E-state index is 0.172. The number of hydrogen-bond donors (Lipinski definition) is 1. The molecule has 0 radical (unpaired) electrons. The molecule has 4 heteroatoms. The van der Waals surface area contributed by atoms with Crippen LogP contribution >= 0.6 is 0 Å². The molecule has 0 spiro atoms. The van der Waals surface area contributed by atoms with Gasteiger partial charge < -0.3 is 10.1 Å². The number of ether oxygens (including phenoxy) is 1. The van der Waals surface area contributed by atoms with E-state index in [0.29, 0.717) is 12.3 Å². The van der Waals surface area contributed by atoms with Crippen LogP contribution in [0.3, 0.4) is 0 Å². The van der Waals surface area contributed by atoms with Gasteiger partial charge in [0.15, 0.2) is 0 Å². The highest BCUT2D eigenvalue weighted by Crippen LogP contribution is 2.26. The van der Waals surface area contributed by atoms with E-state index < -0.39 is 6.04 Å². The normalized spacial score (nSPS) is 19.2. The van der Waals surface area contributed by atoms with Crippen molar-refractivity contribution in [2.45, 2.75) is 57.9 Å². The summed E-state index contributed by atoms with van der Waals surface area (Å²) in [6.07, 6.45) is 8.09. The largest absolute Gasteiger partial charge is 0.467 e. The summed E-state index contributed by atoms with van der Waals surface area (Å²) in [5.41, 5.74) is 0. The number of nitrogens with one attached hydrogen (secondary N) is 1. The first-order valence-corrected chi connectivity index (χ1v) is 6.48. The van der Waals surface area contributed by atoms with Crippen molar-refractivity contribution in [2.24, 2.45) is 5.92 Å².